The Kier molecular flexibility index (Phi) is 8.42. The van der Waals surface area contributed by atoms with Crippen LogP contribution in [0, 0.1) is 6.92 Å². The molecular weight excluding hydrogens is 523 g/mol. The van der Waals surface area contributed by atoms with Crippen LogP contribution < -0.4 is 4.74 Å². The zero-order chi connectivity index (χ0) is 27.3. The van der Waals surface area contributed by atoms with Gasteiger partial charge in [-0.25, -0.2) is 9.36 Å². The Bertz CT molecular complexity index is 1400. The number of ether oxygens (including phenoxy) is 3. The number of benzene rings is 2. The zero-order valence-corrected chi connectivity index (χ0v) is 21.3. The Balaban J connectivity index is 1.54. The summed E-state index contributed by atoms with van der Waals surface area (Å²) in [6, 6.07) is 17.4. The lowest BCUT2D eigenvalue weighted by atomic mass is 10.2. The highest BCUT2D eigenvalue weighted by molar-refractivity contribution is 7.90. The number of hydrogen-bond donors (Lipinski definition) is 0. The molecule has 2 atom stereocenters. The topological polar surface area (TPSA) is 98.5 Å². The fourth-order valence-electron chi connectivity index (χ4n) is 3.69. The SMILES string of the molecule is Cc1c(OCC(F)(F)F)ccnc1C[S+]([O-])c1nc2ccccc2n1C(C)OC(=O)OCc1ccccc1. The van der Waals surface area contributed by atoms with Gasteiger partial charge in [0.1, 0.15) is 12.4 Å². The van der Waals surface area contributed by atoms with Gasteiger partial charge in [-0.3, -0.25) is 4.98 Å². The first-order valence-corrected chi connectivity index (χ1v) is 12.8. The summed E-state index contributed by atoms with van der Waals surface area (Å²) in [5, 5.41) is 0.109. The van der Waals surface area contributed by atoms with Crippen LogP contribution in [0.2, 0.25) is 0 Å². The number of fused-ring (bicyclic) bond motifs is 1. The van der Waals surface area contributed by atoms with Crippen molar-refractivity contribution in [2.45, 2.75) is 43.8 Å². The number of rotatable bonds is 9. The Morgan fingerprint density at radius 1 is 1.11 bits per heavy atom. The summed E-state index contributed by atoms with van der Waals surface area (Å²) in [7, 11) is 0. The monoisotopic (exact) mass is 547 g/mol. The van der Waals surface area contributed by atoms with E-state index >= 15 is 0 Å². The van der Waals surface area contributed by atoms with Crippen LogP contribution in [0.25, 0.3) is 11.0 Å². The summed E-state index contributed by atoms with van der Waals surface area (Å²) in [5.41, 5.74) is 2.51. The van der Waals surface area contributed by atoms with Crippen LogP contribution in [0.3, 0.4) is 0 Å². The van der Waals surface area contributed by atoms with Gasteiger partial charge in [0.05, 0.1) is 16.7 Å². The summed E-state index contributed by atoms with van der Waals surface area (Å²) in [5.74, 6) is -0.153. The quantitative estimate of drug-likeness (QED) is 0.191. The van der Waals surface area contributed by atoms with E-state index < -0.39 is 36.3 Å². The summed E-state index contributed by atoms with van der Waals surface area (Å²) < 4.78 is 68.4. The van der Waals surface area contributed by atoms with Crippen molar-refractivity contribution in [3.8, 4) is 5.75 Å². The van der Waals surface area contributed by atoms with E-state index in [4.69, 9.17) is 14.2 Å². The molecule has 4 rings (SSSR count). The van der Waals surface area contributed by atoms with Crippen molar-refractivity contribution in [2.75, 3.05) is 6.61 Å². The van der Waals surface area contributed by atoms with Crippen LogP contribution >= 0.6 is 0 Å². The first-order valence-electron chi connectivity index (χ1n) is 11.5. The van der Waals surface area contributed by atoms with Crippen LogP contribution in [-0.2, 0) is 33.0 Å². The number of nitrogens with zero attached hydrogens (tertiary/aromatic N) is 3. The van der Waals surface area contributed by atoms with E-state index in [1.807, 2.05) is 18.2 Å². The van der Waals surface area contributed by atoms with E-state index in [-0.39, 0.29) is 29.0 Å². The molecule has 12 heteroatoms. The van der Waals surface area contributed by atoms with E-state index in [0.717, 1.165) is 5.56 Å². The third-order valence-corrected chi connectivity index (χ3v) is 6.75. The van der Waals surface area contributed by atoms with E-state index in [0.29, 0.717) is 16.6 Å². The number of carbonyl (C=O) groups excluding carboxylic acids is 1. The average molecular weight is 548 g/mol. The minimum Gasteiger partial charge on any atom is -0.609 e. The maximum atomic E-state index is 13.5. The molecule has 0 radical (unpaired) electrons. The zero-order valence-electron chi connectivity index (χ0n) is 20.5. The van der Waals surface area contributed by atoms with Gasteiger partial charge >= 0.3 is 17.5 Å². The molecule has 4 aromatic rings. The van der Waals surface area contributed by atoms with Crippen molar-refractivity contribution in [3.05, 3.63) is 83.7 Å². The van der Waals surface area contributed by atoms with Gasteiger partial charge < -0.3 is 18.8 Å². The molecular formula is C26H24F3N3O5S. The summed E-state index contributed by atoms with van der Waals surface area (Å²) in [6.07, 6.45) is -5.05. The number of halogens is 3. The van der Waals surface area contributed by atoms with Crippen LogP contribution in [0.4, 0.5) is 18.0 Å². The molecule has 2 aromatic carbocycles. The third-order valence-electron chi connectivity index (χ3n) is 5.51. The number of para-hydroxylation sites is 2. The first kappa shape index (κ1) is 27.3. The van der Waals surface area contributed by atoms with E-state index in [1.54, 1.807) is 50.2 Å². The molecule has 0 bridgehead atoms. The summed E-state index contributed by atoms with van der Waals surface area (Å²) in [4.78, 5) is 21.0. The number of hydrogen-bond acceptors (Lipinski definition) is 7. The maximum Gasteiger partial charge on any atom is 0.510 e. The van der Waals surface area contributed by atoms with Gasteiger partial charge in [0.25, 0.3) is 0 Å². The molecule has 8 nitrogen and oxygen atoms in total. The summed E-state index contributed by atoms with van der Waals surface area (Å²) in [6.45, 7) is 1.70. The molecule has 0 saturated heterocycles. The van der Waals surface area contributed by atoms with E-state index in [2.05, 4.69) is 9.97 Å². The predicted octanol–water partition coefficient (Wildman–Crippen LogP) is 5.86. The van der Waals surface area contributed by atoms with Gasteiger partial charge in [0.2, 0.25) is 0 Å². The van der Waals surface area contributed by atoms with Crippen LogP contribution in [0.5, 0.6) is 5.75 Å². The van der Waals surface area contributed by atoms with Gasteiger partial charge in [-0.1, -0.05) is 42.5 Å². The molecule has 0 fully saturated rings. The molecule has 2 unspecified atom stereocenters. The number of aromatic nitrogens is 3. The molecule has 0 spiro atoms. The Morgan fingerprint density at radius 2 is 1.82 bits per heavy atom. The molecule has 0 aliphatic heterocycles. The van der Waals surface area contributed by atoms with Crippen LogP contribution in [0.1, 0.15) is 30.0 Å². The second kappa shape index (κ2) is 11.7. The van der Waals surface area contributed by atoms with Crippen molar-refractivity contribution < 1.29 is 36.7 Å². The van der Waals surface area contributed by atoms with Gasteiger partial charge in [0, 0.05) is 22.9 Å². The fourth-order valence-corrected chi connectivity index (χ4v) is 5.02. The molecule has 0 amide bonds. The molecule has 2 heterocycles. The highest BCUT2D eigenvalue weighted by atomic mass is 32.2. The lowest BCUT2D eigenvalue weighted by Gasteiger charge is -2.19. The molecule has 0 saturated carbocycles. The second-order valence-corrected chi connectivity index (χ2v) is 9.61. The Labute approximate surface area is 219 Å². The molecule has 0 aliphatic rings. The predicted molar refractivity (Wildman–Crippen MR) is 133 cm³/mol. The molecule has 0 aliphatic carbocycles. The smallest absolute Gasteiger partial charge is 0.510 e. The van der Waals surface area contributed by atoms with Crippen molar-refractivity contribution in [1.82, 2.24) is 14.5 Å². The number of carbonyl (C=O) groups is 1. The van der Waals surface area contributed by atoms with Crippen LogP contribution in [0.15, 0.2) is 72.0 Å². The number of pyridine rings is 1. The highest BCUT2D eigenvalue weighted by Crippen LogP contribution is 2.29. The number of imidazole rings is 1. The van der Waals surface area contributed by atoms with Crippen molar-refractivity contribution in [3.63, 3.8) is 0 Å². The average Bonchev–Trinajstić information content (AvgIpc) is 3.28. The lowest BCUT2D eigenvalue weighted by molar-refractivity contribution is -0.153. The van der Waals surface area contributed by atoms with Crippen molar-refractivity contribution in [2.24, 2.45) is 0 Å². The fraction of sp³-hybridized carbons (Fsp3) is 0.269. The lowest BCUT2D eigenvalue weighted by Crippen LogP contribution is -2.21. The number of alkyl halides is 3. The Morgan fingerprint density at radius 3 is 2.55 bits per heavy atom. The molecule has 2 aromatic heterocycles. The molecule has 0 N–H and O–H groups in total. The maximum absolute atomic E-state index is 13.5. The normalized spacial score (nSPS) is 13.2. The largest absolute Gasteiger partial charge is 0.609 e. The minimum absolute atomic E-state index is 0.00399. The van der Waals surface area contributed by atoms with Crippen molar-refractivity contribution >= 4 is 28.4 Å². The van der Waals surface area contributed by atoms with Gasteiger partial charge in [-0.15, -0.1) is 0 Å². The second-order valence-electron chi connectivity index (χ2n) is 8.27. The third kappa shape index (κ3) is 6.75. The Hall–Kier alpha value is -3.77. The van der Waals surface area contributed by atoms with Gasteiger partial charge in [0.15, 0.2) is 18.6 Å². The molecule has 38 heavy (non-hydrogen) atoms. The van der Waals surface area contributed by atoms with Gasteiger partial charge in [-0.05, 0) is 37.6 Å². The van der Waals surface area contributed by atoms with Gasteiger partial charge in [-0.2, -0.15) is 18.2 Å². The summed E-state index contributed by atoms with van der Waals surface area (Å²) >= 11 is -1.81. The standard InChI is InChI=1S/C26H24F3N3O5S/c1-17-21(30-13-12-23(17)36-16-26(27,28)29)15-38(34)24-31-20-10-6-7-11-22(20)32(24)18(2)37-25(33)35-14-19-8-4-3-5-9-19/h3-13,18H,14-16H2,1-2H3. The molecule has 200 valence electrons. The first-order chi connectivity index (χ1) is 18.1. The van der Waals surface area contributed by atoms with E-state index in [9.17, 15) is 22.5 Å². The minimum atomic E-state index is -4.50. The van der Waals surface area contributed by atoms with Crippen LogP contribution in [-0.4, -0.2) is 38.0 Å². The highest BCUT2D eigenvalue weighted by Gasteiger charge is 2.30. The van der Waals surface area contributed by atoms with Crippen molar-refractivity contribution in [1.29, 1.82) is 0 Å². The van der Waals surface area contributed by atoms with E-state index in [1.165, 1.54) is 16.8 Å².